The molecule has 3 rings (SSSR count). The smallest absolute Gasteiger partial charge is 0.261 e. The standard InChI is InChI=1S/C20H28N4O2S.HI/c1-20(2)14-23(12-13-27-20)19(21-3)22-10-6-7-11-24-17(25)15-8-4-5-9-16(15)18(24)26;/h4-5,8-9H,6-7,10-14H2,1-3H3,(H,21,22);1H. The number of fused-ring (bicyclic) bond motifs is 1. The fourth-order valence-corrected chi connectivity index (χ4v) is 4.68. The van der Waals surface area contributed by atoms with Gasteiger partial charge in [-0.2, -0.15) is 11.8 Å². The minimum absolute atomic E-state index is 0. The molecule has 2 heterocycles. The summed E-state index contributed by atoms with van der Waals surface area (Å²) < 4.78 is 0.237. The number of nitrogens with one attached hydrogen (secondary N) is 1. The van der Waals surface area contributed by atoms with Crippen molar-refractivity contribution in [3.05, 3.63) is 35.4 Å². The number of guanidine groups is 1. The second-order valence-corrected chi connectivity index (χ2v) is 9.32. The van der Waals surface area contributed by atoms with E-state index in [1.807, 2.05) is 18.8 Å². The molecule has 1 saturated heterocycles. The van der Waals surface area contributed by atoms with Gasteiger partial charge in [-0.05, 0) is 38.8 Å². The molecule has 8 heteroatoms. The third-order valence-electron chi connectivity index (χ3n) is 4.91. The summed E-state index contributed by atoms with van der Waals surface area (Å²) in [5.41, 5.74) is 1.04. The third kappa shape index (κ3) is 5.20. The maximum Gasteiger partial charge on any atom is 0.261 e. The van der Waals surface area contributed by atoms with Crippen LogP contribution in [-0.4, -0.2) is 71.3 Å². The molecule has 0 saturated carbocycles. The number of aliphatic imine (C=N–C) groups is 1. The van der Waals surface area contributed by atoms with Crippen molar-refractivity contribution in [2.24, 2.45) is 4.99 Å². The Morgan fingerprint density at radius 2 is 1.82 bits per heavy atom. The van der Waals surface area contributed by atoms with E-state index in [9.17, 15) is 9.59 Å². The molecule has 154 valence electrons. The van der Waals surface area contributed by atoms with E-state index in [0.29, 0.717) is 17.7 Å². The number of halogens is 1. The minimum atomic E-state index is -0.174. The second-order valence-electron chi connectivity index (χ2n) is 7.52. The van der Waals surface area contributed by atoms with Crippen LogP contribution < -0.4 is 5.32 Å². The Balaban J connectivity index is 0.00000280. The van der Waals surface area contributed by atoms with E-state index in [1.54, 1.807) is 24.3 Å². The van der Waals surface area contributed by atoms with Gasteiger partial charge in [0.2, 0.25) is 0 Å². The number of imide groups is 1. The monoisotopic (exact) mass is 516 g/mol. The van der Waals surface area contributed by atoms with Crippen molar-refractivity contribution in [3.63, 3.8) is 0 Å². The predicted octanol–water partition coefficient (Wildman–Crippen LogP) is 3.08. The van der Waals surface area contributed by atoms with Gasteiger partial charge in [-0.25, -0.2) is 0 Å². The zero-order valence-corrected chi connectivity index (χ0v) is 19.9. The molecule has 0 aliphatic carbocycles. The molecular formula is C20H29IN4O2S. The molecule has 1 aromatic rings. The van der Waals surface area contributed by atoms with Crippen molar-refractivity contribution >= 4 is 53.5 Å². The number of benzene rings is 1. The molecule has 6 nitrogen and oxygen atoms in total. The lowest BCUT2D eigenvalue weighted by molar-refractivity contribution is 0.0652. The number of nitrogens with zero attached hydrogens (tertiary/aromatic N) is 3. The van der Waals surface area contributed by atoms with Crippen molar-refractivity contribution in [1.29, 1.82) is 0 Å². The molecule has 2 aliphatic rings. The SMILES string of the molecule is CN=C(NCCCCN1C(=O)c2ccccc2C1=O)N1CCSC(C)(C)C1.I. The molecule has 0 aromatic heterocycles. The molecular weight excluding hydrogens is 487 g/mol. The Bertz CT molecular complexity index is 718. The van der Waals surface area contributed by atoms with Crippen molar-refractivity contribution < 1.29 is 9.59 Å². The van der Waals surface area contributed by atoms with Crippen molar-refractivity contribution in [1.82, 2.24) is 15.1 Å². The number of rotatable bonds is 5. The average molecular weight is 516 g/mol. The quantitative estimate of drug-likeness (QED) is 0.214. The van der Waals surface area contributed by atoms with Crippen molar-refractivity contribution in [2.45, 2.75) is 31.4 Å². The van der Waals surface area contributed by atoms with E-state index in [-0.39, 0.29) is 40.5 Å². The van der Waals surface area contributed by atoms with E-state index in [0.717, 1.165) is 44.2 Å². The zero-order valence-electron chi connectivity index (χ0n) is 16.7. The molecule has 1 fully saturated rings. The Labute approximate surface area is 188 Å². The summed E-state index contributed by atoms with van der Waals surface area (Å²) in [6.45, 7) is 7.74. The van der Waals surface area contributed by atoms with Gasteiger partial charge in [-0.15, -0.1) is 24.0 Å². The van der Waals surface area contributed by atoms with Crippen LogP contribution in [0.4, 0.5) is 0 Å². The highest BCUT2D eigenvalue weighted by Gasteiger charge is 2.34. The normalized spacial score (nSPS) is 18.8. The summed E-state index contributed by atoms with van der Waals surface area (Å²) >= 11 is 2.00. The topological polar surface area (TPSA) is 65.0 Å². The molecule has 0 radical (unpaired) electrons. The number of unbranched alkanes of at least 4 members (excludes halogenated alkanes) is 1. The van der Waals surface area contributed by atoms with Crippen LogP contribution in [0, 0.1) is 0 Å². The fraction of sp³-hybridized carbons (Fsp3) is 0.550. The molecule has 0 spiro atoms. The molecule has 2 amide bonds. The Morgan fingerprint density at radius 3 is 2.39 bits per heavy atom. The largest absolute Gasteiger partial charge is 0.356 e. The number of carbonyl (C=O) groups excluding carboxylic acids is 2. The second kappa shape index (κ2) is 9.96. The number of carbonyl (C=O) groups is 2. The first-order valence-corrected chi connectivity index (χ1v) is 10.5. The van der Waals surface area contributed by atoms with Crippen LogP contribution in [0.1, 0.15) is 47.4 Å². The fourth-order valence-electron chi connectivity index (χ4n) is 3.57. The van der Waals surface area contributed by atoms with Gasteiger partial charge in [-0.3, -0.25) is 19.5 Å². The van der Waals surface area contributed by atoms with Crippen LogP contribution in [0.5, 0.6) is 0 Å². The lowest BCUT2D eigenvalue weighted by atomic mass is 10.1. The summed E-state index contributed by atoms with van der Waals surface area (Å²) in [5.74, 6) is 1.69. The van der Waals surface area contributed by atoms with Gasteiger partial charge in [0.05, 0.1) is 11.1 Å². The lowest BCUT2D eigenvalue weighted by Gasteiger charge is -2.39. The number of hydrogen-bond donors (Lipinski definition) is 1. The van der Waals surface area contributed by atoms with Crippen molar-refractivity contribution in [2.75, 3.05) is 39.0 Å². The summed E-state index contributed by atoms with van der Waals surface area (Å²) in [7, 11) is 1.82. The van der Waals surface area contributed by atoms with E-state index in [4.69, 9.17) is 0 Å². The van der Waals surface area contributed by atoms with Crippen LogP contribution in [0.15, 0.2) is 29.3 Å². The van der Waals surface area contributed by atoms with Gasteiger partial charge in [0.25, 0.3) is 11.8 Å². The van der Waals surface area contributed by atoms with Crippen LogP contribution >= 0.6 is 35.7 Å². The van der Waals surface area contributed by atoms with Crippen molar-refractivity contribution in [3.8, 4) is 0 Å². The van der Waals surface area contributed by atoms with Crippen LogP contribution in [0.2, 0.25) is 0 Å². The Morgan fingerprint density at radius 1 is 1.18 bits per heavy atom. The third-order valence-corrected chi connectivity index (χ3v) is 6.20. The van der Waals surface area contributed by atoms with Gasteiger partial charge in [-0.1, -0.05) is 12.1 Å². The Hall–Kier alpha value is -1.29. The molecule has 0 atom stereocenters. The molecule has 0 bridgehead atoms. The zero-order chi connectivity index (χ0) is 19.4. The highest BCUT2D eigenvalue weighted by atomic mass is 127. The highest BCUT2D eigenvalue weighted by Crippen LogP contribution is 2.29. The summed E-state index contributed by atoms with van der Waals surface area (Å²) in [6, 6.07) is 7.03. The van der Waals surface area contributed by atoms with Gasteiger partial charge >= 0.3 is 0 Å². The van der Waals surface area contributed by atoms with Gasteiger partial charge < -0.3 is 10.2 Å². The van der Waals surface area contributed by atoms with Crippen LogP contribution in [0.3, 0.4) is 0 Å². The number of hydrogen-bond acceptors (Lipinski definition) is 4. The first-order chi connectivity index (χ1) is 12.9. The molecule has 2 aliphatic heterocycles. The molecule has 0 unspecified atom stereocenters. The predicted molar refractivity (Wildman–Crippen MR) is 126 cm³/mol. The van der Waals surface area contributed by atoms with E-state index in [2.05, 4.69) is 29.1 Å². The minimum Gasteiger partial charge on any atom is -0.356 e. The lowest BCUT2D eigenvalue weighted by Crippen LogP contribution is -2.51. The first-order valence-electron chi connectivity index (χ1n) is 9.48. The summed E-state index contributed by atoms with van der Waals surface area (Å²) in [6.07, 6.45) is 1.65. The van der Waals surface area contributed by atoms with Crippen LogP contribution in [0.25, 0.3) is 0 Å². The summed E-state index contributed by atoms with van der Waals surface area (Å²) in [4.78, 5) is 32.8. The molecule has 28 heavy (non-hydrogen) atoms. The highest BCUT2D eigenvalue weighted by molar-refractivity contribution is 14.0. The van der Waals surface area contributed by atoms with Gasteiger partial charge in [0.1, 0.15) is 0 Å². The maximum atomic E-state index is 12.4. The number of amides is 2. The van der Waals surface area contributed by atoms with E-state index >= 15 is 0 Å². The first kappa shape index (κ1) is 23.0. The average Bonchev–Trinajstić information content (AvgIpc) is 2.89. The Kier molecular flexibility index (Phi) is 8.18. The van der Waals surface area contributed by atoms with Gasteiger partial charge in [0, 0.05) is 43.7 Å². The van der Waals surface area contributed by atoms with Gasteiger partial charge in [0.15, 0.2) is 5.96 Å². The van der Waals surface area contributed by atoms with E-state index < -0.39 is 0 Å². The van der Waals surface area contributed by atoms with Crippen LogP contribution in [-0.2, 0) is 0 Å². The maximum absolute atomic E-state index is 12.4. The number of thioether (sulfide) groups is 1. The molecule has 1 N–H and O–H groups in total. The summed E-state index contributed by atoms with van der Waals surface area (Å²) in [5, 5.41) is 3.42. The van der Waals surface area contributed by atoms with E-state index in [1.165, 1.54) is 4.90 Å². The molecule has 1 aromatic carbocycles.